The van der Waals surface area contributed by atoms with Crippen LogP contribution in [0.4, 0.5) is 15.8 Å². The van der Waals surface area contributed by atoms with Crippen LogP contribution in [-0.4, -0.2) is 78.9 Å². The van der Waals surface area contributed by atoms with Crippen molar-refractivity contribution in [2.24, 2.45) is 0 Å². The average Bonchev–Trinajstić information content (AvgIpc) is 3.39. The van der Waals surface area contributed by atoms with Crippen LogP contribution < -0.4 is 19.9 Å². The molecule has 0 radical (unpaired) electrons. The fourth-order valence-electron chi connectivity index (χ4n) is 7.39. The summed E-state index contributed by atoms with van der Waals surface area (Å²) in [5, 5.41) is 6.69. The topological polar surface area (TPSA) is 56.8 Å². The van der Waals surface area contributed by atoms with Crippen molar-refractivity contribution >= 4 is 44.7 Å². The summed E-state index contributed by atoms with van der Waals surface area (Å²) in [5.41, 5.74) is 3.20. The van der Waals surface area contributed by atoms with E-state index in [4.69, 9.17) is 26.3 Å². The van der Waals surface area contributed by atoms with E-state index < -0.39 is 5.82 Å². The first-order chi connectivity index (χ1) is 19.5. The molecule has 0 saturated carbocycles. The monoisotopic (exact) mass is 558 g/mol. The molecule has 4 aliphatic rings. The molecule has 4 aromatic rings. The lowest BCUT2D eigenvalue weighted by molar-refractivity contribution is 0.0976. The van der Waals surface area contributed by atoms with Crippen molar-refractivity contribution in [3.8, 4) is 17.1 Å². The minimum Gasteiger partial charge on any atom is -0.469 e. The van der Waals surface area contributed by atoms with Crippen LogP contribution in [-0.2, 0) is 0 Å². The van der Waals surface area contributed by atoms with Crippen LogP contribution in [0, 0.1) is 5.82 Å². The molecule has 0 aliphatic carbocycles. The van der Waals surface area contributed by atoms with Gasteiger partial charge in [0.25, 0.3) is 0 Å². The smallest absolute Gasteiger partial charge is 0.240 e. The molecule has 7 nitrogen and oxygen atoms in total. The summed E-state index contributed by atoms with van der Waals surface area (Å²) in [5.74, 6) is 0.0974. The van der Waals surface area contributed by atoms with Gasteiger partial charge in [0.2, 0.25) is 5.88 Å². The number of anilines is 2. The van der Waals surface area contributed by atoms with Crippen molar-refractivity contribution in [3.63, 3.8) is 0 Å². The Balaban J connectivity index is 1.35. The molecule has 2 aromatic heterocycles. The SMILES string of the molecule is C[C@@H]1CN2c3c4c(nc5c(F)c(-c6cccc7cccc(Cl)c67)ncc35)O[C@@H]([C@@H]3CCCN3C)CN4C[C@H]2CN1. The highest BCUT2D eigenvalue weighted by molar-refractivity contribution is 6.36. The van der Waals surface area contributed by atoms with E-state index in [1.54, 1.807) is 6.20 Å². The molecule has 2 aromatic carbocycles. The summed E-state index contributed by atoms with van der Waals surface area (Å²) in [6, 6.07) is 12.4. The molecule has 0 spiro atoms. The summed E-state index contributed by atoms with van der Waals surface area (Å²) in [4.78, 5) is 16.9. The maximum atomic E-state index is 16.7. The number of benzene rings is 2. The van der Waals surface area contributed by atoms with E-state index >= 15 is 4.39 Å². The highest BCUT2D eigenvalue weighted by Crippen LogP contribution is 2.50. The number of hydrogen-bond acceptors (Lipinski definition) is 7. The molecule has 2 saturated heterocycles. The predicted molar refractivity (Wildman–Crippen MR) is 158 cm³/mol. The molecule has 206 valence electrons. The van der Waals surface area contributed by atoms with E-state index in [9.17, 15) is 0 Å². The zero-order valence-electron chi connectivity index (χ0n) is 22.7. The number of ether oxygens (including phenoxy) is 1. The fraction of sp³-hybridized carbons (Fsp3) is 0.419. The molecule has 2 fully saturated rings. The van der Waals surface area contributed by atoms with Gasteiger partial charge < -0.3 is 19.9 Å². The van der Waals surface area contributed by atoms with Gasteiger partial charge in [0.05, 0.1) is 18.3 Å². The third-order valence-corrected chi connectivity index (χ3v) is 9.63. The molecule has 0 amide bonds. The fourth-order valence-corrected chi connectivity index (χ4v) is 7.67. The number of hydrogen-bond donors (Lipinski definition) is 1. The Kier molecular flexibility index (Phi) is 5.63. The van der Waals surface area contributed by atoms with E-state index in [2.05, 4.69) is 34.0 Å². The number of nitrogens with one attached hydrogen (secondary N) is 1. The van der Waals surface area contributed by atoms with Gasteiger partial charge in [-0.05, 0) is 44.8 Å². The lowest BCUT2D eigenvalue weighted by Gasteiger charge is -2.51. The average molecular weight is 559 g/mol. The van der Waals surface area contributed by atoms with Crippen molar-refractivity contribution in [2.75, 3.05) is 49.6 Å². The number of pyridine rings is 2. The van der Waals surface area contributed by atoms with Gasteiger partial charge in [0.15, 0.2) is 5.82 Å². The van der Waals surface area contributed by atoms with E-state index in [0.717, 1.165) is 66.7 Å². The Morgan fingerprint density at radius 1 is 1.10 bits per heavy atom. The van der Waals surface area contributed by atoms with Gasteiger partial charge in [-0.1, -0.05) is 41.9 Å². The van der Waals surface area contributed by atoms with Crippen LogP contribution in [0.25, 0.3) is 32.9 Å². The molecule has 6 heterocycles. The Morgan fingerprint density at radius 3 is 2.77 bits per heavy atom. The zero-order chi connectivity index (χ0) is 27.1. The second kappa shape index (κ2) is 9.16. The van der Waals surface area contributed by atoms with Crippen molar-refractivity contribution in [3.05, 3.63) is 53.4 Å². The Labute approximate surface area is 237 Å². The first-order valence-electron chi connectivity index (χ1n) is 14.3. The minimum absolute atomic E-state index is 0.0129. The van der Waals surface area contributed by atoms with Crippen LogP contribution in [0.1, 0.15) is 19.8 Å². The Hall–Kier alpha value is -3.20. The third kappa shape index (κ3) is 3.62. The number of halogens is 2. The maximum absolute atomic E-state index is 16.7. The van der Waals surface area contributed by atoms with Crippen LogP contribution in [0.3, 0.4) is 0 Å². The number of aromatic nitrogens is 2. The number of likely N-dealkylation sites (tertiary alicyclic amines) is 1. The Bertz CT molecular complexity index is 1660. The summed E-state index contributed by atoms with van der Waals surface area (Å²) in [6.45, 7) is 6.69. The first-order valence-corrected chi connectivity index (χ1v) is 14.7. The molecule has 0 unspecified atom stereocenters. The maximum Gasteiger partial charge on any atom is 0.240 e. The van der Waals surface area contributed by atoms with Gasteiger partial charge in [-0.25, -0.2) is 9.37 Å². The van der Waals surface area contributed by atoms with Crippen LogP contribution >= 0.6 is 11.6 Å². The number of rotatable bonds is 2. The molecule has 1 N–H and O–H groups in total. The summed E-state index contributed by atoms with van der Waals surface area (Å²) >= 11 is 6.62. The van der Waals surface area contributed by atoms with Gasteiger partial charge in [-0.2, -0.15) is 0 Å². The number of likely N-dealkylation sites (N-methyl/N-ethyl adjacent to an activating group) is 1. The zero-order valence-corrected chi connectivity index (χ0v) is 23.5. The highest BCUT2D eigenvalue weighted by atomic mass is 35.5. The van der Waals surface area contributed by atoms with E-state index in [0.29, 0.717) is 34.1 Å². The summed E-state index contributed by atoms with van der Waals surface area (Å²) in [6.07, 6.45) is 4.06. The number of piperazine rings is 1. The van der Waals surface area contributed by atoms with Gasteiger partial charge >= 0.3 is 0 Å². The van der Waals surface area contributed by atoms with Crippen molar-refractivity contribution < 1.29 is 9.13 Å². The molecule has 8 rings (SSSR count). The van der Waals surface area contributed by atoms with E-state index in [1.165, 1.54) is 6.42 Å². The van der Waals surface area contributed by atoms with Crippen LogP contribution in [0.5, 0.6) is 5.88 Å². The molecule has 0 bridgehead atoms. The lowest BCUT2D eigenvalue weighted by atomic mass is 9.97. The standard InChI is InChI=1S/C31H32ClFN6O/c1-17-14-39-19(12-34-17)15-38-16-24(23-10-5-11-37(23)2)40-31-30(38)29(39)21-13-35-27(26(33)28(21)36-31)20-8-3-6-18-7-4-9-22(32)25(18)20/h3-4,6-9,13,17,19,23-24,34H,5,10-12,14-16H2,1-2H3/t17-,19-,23+,24-/m1/s1. The number of nitrogens with zero attached hydrogens (tertiary/aromatic N) is 5. The van der Waals surface area contributed by atoms with Gasteiger partial charge in [0, 0.05) is 59.3 Å². The van der Waals surface area contributed by atoms with Gasteiger partial charge in [-0.3, -0.25) is 9.88 Å². The summed E-state index contributed by atoms with van der Waals surface area (Å²) < 4.78 is 23.4. The van der Waals surface area contributed by atoms with Gasteiger partial charge in [-0.15, -0.1) is 0 Å². The molecule has 4 aliphatic heterocycles. The summed E-state index contributed by atoms with van der Waals surface area (Å²) in [7, 11) is 2.17. The van der Waals surface area contributed by atoms with Crippen molar-refractivity contribution in [2.45, 2.75) is 44.0 Å². The quantitative estimate of drug-likeness (QED) is 0.368. The van der Waals surface area contributed by atoms with Crippen molar-refractivity contribution in [1.82, 2.24) is 20.2 Å². The molecule has 9 heteroatoms. The van der Waals surface area contributed by atoms with Crippen molar-refractivity contribution in [1.29, 1.82) is 0 Å². The lowest BCUT2D eigenvalue weighted by Crippen LogP contribution is -2.63. The molecular weight excluding hydrogens is 527 g/mol. The predicted octanol–water partition coefficient (Wildman–Crippen LogP) is 5.08. The molecule has 40 heavy (non-hydrogen) atoms. The van der Waals surface area contributed by atoms with Crippen LogP contribution in [0.15, 0.2) is 42.6 Å². The second-order valence-corrected chi connectivity index (χ2v) is 12.2. The van der Waals surface area contributed by atoms with E-state index in [1.807, 2.05) is 36.4 Å². The minimum atomic E-state index is -0.440. The Morgan fingerprint density at radius 2 is 1.95 bits per heavy atom. The normalized spacial score (nSPS) is 26.2. The van der Waals surface area contributed by atoms with E-state index in [-0.39, 0.29) is 17.8 Å². The van der Waals surface area contributed by atoms with Gasteiger partial charge in [0.1, 0.15) is 23.0 Å². The molecule has 4 atom stereocenters. The number of fused-ring (bicyclic) bond motifs is 5. The molecular formula is C31H32ClFN6O. The first kappa shape index (κ1) is 24.6. The highest BCUT2D eigenvalue weighted by Gasteiger charge is 2.44. The second-order valence-electron chi connectivity index (χ2n) is 11.8. The third-order valence-electron chi connectivity index (χ3n) is 9.32. The van der Waals surface area contributed by atoms with Crippen LogP contribution in [0.2, 0.25) is 5.02 Å². The largest absolute Gasteiger partial charge is 0.469 e.